The topological polar surface area (TPSA) is 43.8 Å². The molecule has 2 aliphatic carbocycles. The summed E-state index contributed by atoms with van der Waals surface area (Å²) in [5.41, 5.74) is 10.2. The van der Waals surface area contributed by atoms with Crippen LogP contribution in [0.1, 0.15) is 62.1 Å². The molecule has 1 saturated carbocycles. The van der Waals surface area contributed by atoms with Gasteiger partial charge in [0.15, 0.2) is 0 Å². The summed E-state index contributed by atoms with van der Waals surface area (Å²) in [5, 5.41) is 4.63. The van der Waals surface area contributed by atoms with Crippen LogP contribution in [0.4, 0.5) is 5.82 Å². The summed E-state index contributed by atoms with van der Waals surface area (Å²) in [6, 6.07) is 0. The highest BCUT2D eigenvalue weighted by Gasteiger charge is 2.31. The van der Waals surface area contributed by atoms with Crippen molar-refractivity contribution in [1.82, 2.24) is 9.78 Å². The Morgan fingerprint density at radius 3 is 2.88 bits per heavy atom. The second kappa shape index (κ2) is 4.21. The number of hydrogen-bond acceptors (Lipinski definition) is 2. The number of nitrogen functional groups attached to an aromatic ring is 1. The molecule has 3 rings (SSSR count). The smallest absolute Gasteiger partial charge is 0.129 e. The lowest BCUT2D eigenvalue weighted by Crippen LogP contribution is -1.99. The van der Waals surface area contributed by atoms with Crippen LogP contribution in [-0.4, -0.2) is 9.78 Å². The minimum atomic E-state index is 0.678. The van der Waals surface area contributed by atoms with Gasteiger partial charge in [0.25, 0.3) is 0 Å². The fraction of sp³-hybridized carbons (Fsp3) is 0.643. The Bertz CT molecular complexity index is 452. The van der Waals surface area contributed by atoms with Gasteiger partial charge in [-0.05, 0) is 44.1 Å². The van der Waals surface area contributed by atoms with Crippen molar-refractivity contribution in [2.45, 2.75) is 50.9 Å². The maximum atomic E-state index is 6.21. The van der Waals surface area contributed by atoms with Gasteiger partial charge in [-0.1, -0.05) is 12.5 Å². The first-order valence-corrected chi connectivity index (χ1v) is 6.79. The number of aryl methyl sites for hydroxylation is 1. The Morgan fingerprint density at radius 2 is 2.12 bits per heavy atom. The van der Waals surface area contributed by atoms with Gasteiger partial charge in [-0.2, -0.15) is 5.10 Å². The Kier molecular flexibility index (Phi) is 2.69. The summed E-state index contributed by atoms with van der Waals surface area (Å²) in [4.78, 5) is 0. The van der Waals surface area contributed by atoms with Gasteiger partial charge in [-0.3, -0.25) is 4.68 Å². The highest BCUT2D eigenvalue weighted by atomic mass is 15.3. The molecule has 0 bridgehead atoms. The molecule has 0 saturated heterocycles. The molecule has 0 amide bonds. The molecule has 1 aromatic heterocycles. The van der Waals surface area contributed by atoms with Crippen LogP contribution in [0.2, 0.25) is 0 Å². The van der Waals surface area contributed by atoms with Crippen molar-refractivity contribution >= 4 is 11.4 Å². The van der Waals surface area contributed by atoms with Crippen molar-refractivity contribution in [2.24, 2.45) is 7.05 Å². The van der Waals surface area contributed by atoms with Crippen LogP contribution in [0.25, 0.3) is 5.57 Å². The SMILES string of the molecule is Cn1nc(C2CC2)c(C2=CCCCCC2)c1N. The molecule has 0 spiro atoms. The molecule has 1 fully saturated rings. The molecule has 0 aromatic carbocycles. The van der Waals surface area contributed by atoms with Crippen LogP contribution in [0.5, 0.6) is 0 Å². The van der Waals surface area contributed by atoms with Gasteiger partial charge >= 0.3 is 0 Å². The van der Waals surface area contributed by atoms with Gasteiger partial charge in [-0.25, -0.2) is 0 Å². The standard InChI is InChI=1S/C14H21N3/c1-17-14(15)12(13(16-17)11-8-9-11)10-6-4-2-3-5-7-10/h6,11H,2-5,7-9,15H2,1H3. The van der Waals surface area contributed by atoms with Crippen LogP contribution < -0.4 is 5.73 Å². The van der Waals surface area contributed by atoms with Crippen LogP contribution in [0.15, 0.2) is 6.08 Å². The molecule has 17 heavy (non-hydrogen) atoms. The van der Waals surface area contributed by atoms with Gasteiger partial charge in [0.05, 0.1) is 5.69 Å². The number of allylic oxidation sites excluding steroid dienone is 2. The zero-order valence-electron chi connectivity index (χ0n) is 10.6. The van der Waals surface area contributed by atoms with Crippen LogP contribution in [0.3, 0.4) is 0 Å². The third-order valence-electron chi connectivity index (χ3n) is 3.94. The summed E-state index contributed by atoms with van der Waals surface area (Å²) < 4.78 is 1.86. The highest BCUT2D eigenvalue weighted by molar-refractivity contribution is 5.76. The zero-order chi connectivity index (χ0) is 11.8. The van der Waals surface area contributed by atoms with E-state index in [1.54, 1.807) is 0 Å². The Labute approximate surface area is 103 Å². The summed E-state index contributed by atoms with van der Waals surface area (Å²) in [5.74, 6) is 1.54. The van der Waals surface area contributed by atoms with Gasteiger partial charge in [0.1, 0.15) is 5.82 Å². The van der Waals surface area contributed by atoms with Crippen molar-refractivity contribution in [1.29, 1.82) is 0 Å². The van der Waals surface area contributed by atoms with Crippen molar-refractivity contribution in [2.75, 3.05) is 5.73 Å². The van der Waals surface area contributed by atoms with E-state index in [9.17, 15) is 0 Å². The number of nitrogens with two attached hydrogens (primary N) is 1. The molecule has 0 aliphatic heterocycles. The molecule has 3 heteroatoms. The minimum absolute atomic E-state index is 0.678. The van der Waals surface area contributed by atoms with Crippen LogP contribution in [-0.2, 0) is 7.05 Å². The van der Waals surface area contributed by atoms with E-state index in [4.69, 9.17) is 5.73 Å². The van der Waals surface area contributed by atoms with Crippen molar-refractivity contribution in [3.05, 3.63) is 17.3 Å². The van der Waals surface area contributed by atoms with Crippen LogP contribution >= 0.6 is 0 Å². The average molecular weight is 231 g/mol. The fourth-order valence-corrected chi connectivity index (χ4v) is 2.77. The molecule has 92 valence electrons. The highest BCUT2D eigenvalue weighted by Crippen LogP contribution is 2.45. The first-order chi connectivity index (χ1) is 8.27. The van der Waals surface area contributed by atoms with E-state index in [2.05, 4.69) is 11.2 Å². The molecule has 1 aromatic rings. The molecular weight excluding hydrogens is 210 g/mol. The van der Waals surface area contributed by atoms with E-state index in [-0.39, 0.29) is 0 Å². The van der Waals surface area contributed by atoms with Gasteiger partial charge in [-0.15, -0.1) is 0 Å². The quantitative estimate of drug-likeness (QED) is 0.849. The predicted octanol–water partition coefficient (Wildman–Crippen LogP) is 3.23. The Morgan fingerprint density at radius 1 is 1.29 bits per heavy atom. The largest absolute Gasteiger partial charge is 0.383 e. The lowest BCUT2D eigenvalue weighted by Gasteiger charge is -2.07. The lowest BCUT2D eigenvalue weighted by atomic mass is 9.99. The monoisotopic (exact) mass is 231 g/mol. The number of hydrogen-bond donors (Lipinski definition) is 1. The predicted molar refractivity (Wildman–Crippen MR) is 70.7 cm³/mol. The van der Waals surface area contributed by atoms with E-state index >= 15 is 0 Å². The fourth-order valence-electron chi connectivity index (χ4n) is 2.77. The van der Waals surface area contributed by atoms with Crippen molar-refractivity contribution in [3.8, 4) is 0 Å². The molecule has 0 radical (unpaired) electrons. The Hall–Kier alpha value is -1.25. The number of aromatic nitrogens is 2. The molecule has 1 heterocycles. The van der Waals surface area contributed by atoms with Gasteiger partial charge in [0.2, 0.25) is 0 Å². The number of nitrogens with zero attached hydrogens (tertiary/aromatic N) is 2. The summed E-state index contributed by atoms with van der Waals surface area (Å²) >= 11 is 0. The molecular formula is C14H21N3. The molecule has 3 nitrogen and oxygen atoms in total. The Balaban J connectivity index is 2.02. The van der Waals surface area contributed by atoms with Crippen molar-refractivity contribution < 1.29 is 0 Å². The van der Waals surface area contributed by atoms with Gasteiger partial charge in [0, 0.05) is 18.5 Å². The van der Waals surface area contributed by atoms with E-state index < -0.39 is 0 Å². The summed E-state index contributed by atoms with van der Waals surface area (Å²) in [6.45, 7) is 0. The first-order valence-electron chi connectivity index (χ1n) is 6.79. The molecule has 2 aliphatic rings. The molecule has 0 atom stereocenters. The molecule has 0 unspecified atom stereocenters. The maximum Gasteiger partial charge on any atom is 0.129 e. The maximum absolute atomic E-state index is 6.21. The number of anilines is 1. The third-order valence-corrected chi connectivity index (χ3v) is 3.94. The van der Waals surface area contributed by atoms with Gasteiger partial charge < -0.3 is 5.73 Å². The summed E-state index contributed by atoms with van der Waals surface area (Å²) in [7, 11) is 1.96. The van der Waals surface area contributed by atoms with Crippen LogP contribution in [0, 0.1) is 0 Å². The first kappa shape index (κ1) is 10.9. The second-order valence-electron chi connectivity index (χ2n) is 5.37. The lowest BCUT2D eigenvalue weighted by molar-refractivity contribution is 0.720. The zero-order valence-corrected chi connectivity index (χ0v) is 10.6. The second-order valence-corrected chi connectivity index (χ2v) is 5.37. The average Bonchev–Trinajstić information content (AvgIpc) is 3.13. The summed E-state index contributed by atoms with van der Waals surface area (Å²) in [6.07, 6.45) is 11.3. The van der Waals surface area contributed by atoms with E-state index in [0.717, 1.165) is 5.82 Å². The third kappa shape index (κ3) is 1.99. The van der Waals surface area contributed by atoms with E-state index in [0.29, 0.717) is 5.92 Å². The molecule has 2 N–H and O–H groups in total. The van der Waals surface area contributed by atoms with E-state index in [1.807, 2.05) is 11.7 Å². The van der Waals surface area contributed by atoms with E-state index in [1.165, 1.54) is 61.8 Å². The normalized spacial score (nSPS) is 21.1. The van der Waals surface area contributed by atoms with Crippen molar-refractivity contribution in [3.63, 3.8) is 0 Å². The number of rotatable bonds is 2. The minimum Gasteiger partial charge on any atom is -0.383 e.